The summed E-state index contributed by atoms with van der Waals surface area (Å²) in [6.07, 6.45) is 1.64. The van der Waals surface area contributed by atoms with Crippen LogP contribution >= 0.6 is 0 Å². The number of benzene rings is 3. The molecule has 3 aromatic carbocycles. The lowest BCUT2D eigenvalue weighted by Gasteiger charge is -2.11. The van der Waals surface area contributed by atoms with Crippen LogP contribution in [0.1, 0.15) is 28.4 Å². The zero-order valence-corrected chi connectivity index (χ0v) is 17.7. The number of hydrogen-bond acceptors (Lipinski definition) is 6. The summed E-state index contributed by atoms with van der Waals surface area (Å²) in [5.41, 5.74) is 2.51. The van der Waals surface area contributed by atoms with E-state index in [1.54, 1.807) is 73.7 Å². The van der Waals surface area contributed by atoms with Gasteiger partial charge in [0.1, 0.15) is 12.4 Å². The monoisotopic (exact) mass is 441 g/mol. The van der Waals surface area contributed by atoms with E-state index in [0.29, 0.717) is 28.2 Å². The average Bonchev–Trinajstić information content (AvgIpc) is 3.12. The van der Waals surface area contributed by atoms with Crippen molar-refractivity contribution >= 4 is 29.3 Å². The normalized spacial score (nSPS) is 14.3. The van der Waals surface area contributed by atoms with Crippen molar-refractivity contribution < 1.29 is 19.2 Å². The SMILES string of the molecule is CC1=NN(C(=O)c2ccccc2)C(=O)/C1=C/c1ccccc1OCc1ccc([N+](=O)[O-])cc1. The van der Waals surface area contributed by atoms with Gasteiger partial charge >= 0.3 is 0 Å². The highest BCUT2D eigenvalue weighted by atomic mass is 16.6. The van der Waals surface area contributed by atoms with E-state index in [-0.39, 0.29) is 12.3 Å². The Morgan fingerprint density at radius 2 is 1.70 bits per heavy atom. The van der Waals surface area contributed by atoms with Gasteiger partial charge in [-0.25, -0.2) is 0 Å². The average molecular weight is 441 g/mol. The van der Waals surface area contributed by atoms with Gasteiger partial charge in [-0.3, -0.25) is 19.7 Å². The molecule has 0 atom stereocenters. The predicted molar refractivity (Wildman–Crippen MR) is 123 cm³/mol. The number of rotatable bonds is 6. The lowest BCUT2D eigenvalue weighted by atomic mass is 10.1. The van der Waals surface area contributed by atoms with E-state index >= 15 is 0 Å². The quantitative estimate of drug-likeness (QED) is 0.240. The van der Waals surface area contributed by atoms with E-state index in [9.17, 15) is 19.7 Å². The van der Waals surface area contributed by atoms with E-state index < -0.39 is 16.7 Å². The molecule has 0 spiro atoms. The molecule has 4 rings (SSSR count). The van der Waals surface area contributed by atoms with Gasteiger partial charge in [-0.2, -0.15) is 10.1 Å². The number of carbonyl (C=O) groups excluding carboxylic acids is 2. The number of ether oxygens (including phenoxy) is 1. The van der Waals surface area contributed by atoms with Crippen LogP contribution in [0.4, 0.5) is 5.69 Å². The Morgan fingerprint density at radius 1 is 1.03 bits per heavy atom. The molecule has 2 amide bonds. The summed E-state index contributed by atoms with van der Waals surface area (Å²) in [5, 5.41) is 15.8. The van der Waals surface area contributed by atoms with Gasteiger partial charge in [0.15, 0.2) is 0 Å². The third kappa shape index (κ3) is 4.69. The van der Waals surface area contributed by atoms with Crippen molar-refractivity contribution in [3.8, 4) is 5.75 Å². The second-order valence-electron chi connectivity index (χ2n) is 7.28. The summed E-state index contributed by atoms with van der Waals surface area (Å²) in [4.78, 5) is 36.0. The van der Waals surface area contributed by atoms with Crippen molar-refractivity contribution in [2.75, 3.05) is 0 Å². The van der Waals surface area contributed by atoms with Gasteiger partial charge in [-0.1, -0.05) is 36.4 Å². The molecule has 0 aliphatic carbocycles. The number of amides is 2. The van der Waals surface area contributed by atoms with E-state index in [4.69, 9.17) is 4.74 Å². The summed E-state index contributed by atoms with van der Waals surface area (Å²) < 4.78 is 5.90. The topological polar surface area (TPSA) is 102 Å². The molecule has 0 aromatic heterocycles. The third-order valence-corrected chi connectivity index (χ3v) is 5.04. The van der Waals surface area contributed by atoms with Crippen LogP contribution in [0.5, 0.6) is 5.75 Å². The molecule has 1 aliphatic rings. The molecule has 0 bridgehead atoms. The maximum atomic E-state index is 12.9. The summed E-state index contributed by atoms with van der Waals surface area (Å²) in [7, 11) is 0. The van der Waals surface area contributed by atoms with Crippen LogP contribution in [0.3, 0.4) is 0 Å². The molecule has 0 saturated carbocycles. The highest BCUT2D eigenvalue weighted by Crippen LogP contribution is 2.26. The Bertz CT molecular complexity index is 1280. The van der Waals surface area contributed by atoms with Crippen molar-refractivity contribution in [3.63, 3.8) is 0 Å². The van der Waals surface area contributed by atoms with Gasteiger partial charge in [-0.05, 0) is 48.9 Å². The molecule has 8 nitrogen and oxygen atoms in total. The largest absolute Gasteiger partial charge is 0.488 e. The molecule has 8 heteroatoms. The van der Waals surface area contributed by atoms with Crippen molar-refractivity contribution in [2.45, 2.75) is 13.5 Å². The minimum absolute atomic E-state index is 0.00740. The van der Waals surface area contributed by atoms with Crippen molar-refractivity contribution in [1.29, 1.82) is 0 Å². The highest BCUT2D eigenvalue weighted by Gasteiger charge is 2.33. The van der Waals surface area contributed by atoms with Crippen molar-refractivity contribution in [1.82, 2.24) is 5.01 Å². The molecule has 0 fully saturated rings. The molecule has 1 heterocycles. The smallest absolute Gasteiger partial charge is 0.283 e. The second kappa shape index (κ2) is 9.27. The van der Waals surface area contributed by atoms with Gasteiger partial charge in [0, 0.05) is 23.3 Å². The van der Waals surface area contributed by atoms with Gasteiger partial charge in [0.05, 0.1) is 16.2 Å². The van der Waals surface area contributed by atoms with Crippen LogP contribution in [-0.2, 0) is 11.4 Å². The lowest BCUT2D eigenvalue weighted by molar-refractivity contribution is -0.384. The standard InChI is InChI=1S/C25H19N3O5/c1-17-22(25(30)27(26-17)24(29)19-7-3-2-4-8-19)15-20-9-5-6-10-23(20)33-16-18-11-13-21(14-12-18)28(31)32/h2-15H,16H2,1H3/b22-15+. The fourth-order valence-electron chi connectivity index (χ4n) is 3.29. The fourth-order valence-corrected chi connectivity index (χ4v) is 3.29. The van der Waals surface area contributed by atoms with E-state index in [0.717, 1.165) is 10.6 Å². The summed E-state index contributed by atoms with van der Waals surface area (Å²) >= 11 is 0. The van der Waals surface area contributed by atoms with Crippen LogP contribution < -0.4 is 4.74 Å². The number of nitro benzene ring substituents is 1. The summed E-state index contributed by atoms with van der Waals surface area (Å²) in [6.45, 7) is 1.86. The van der Waals surface area contributed by atoms with Crippen molar-refractivity contribution in [3.05, 3.63) is 111 Å². The first kappa shape index (κ1) is 21.6. The molecule has 1 aliphatic heterocycles. The molecule has 0 radical (unpaired) electrons. The van der Waals surface area contributed by atoms with Gasteiger partial charge in [-0.15, -0.1) is 0 Å². The predicted octanol–water partition coefficient (Wildman–Crippen LogP) is 4.62. The zero-order valence-electron chi connectivity index (χ0n) is 17.7. The third-order valence-electron chi connectivity index (χ3n) is 5.04. The number of carbonyl (C=O) groups is 2. The van der Waals surface area contributed by atoms with E-state index in [1.807, 2.05) is 6.07 Å². The zero-order chi connectivity index (χ0) is 23.4. The number of hydrazone groups is 1. The highest BCUT2D eigenvalue weighted by molar-refractivity contribution is 6.30. The first-order valence-corrected chi connectivity index (χ1v) is 10.1. The Labute approximate surface area is 189 Å². The van der Waals surface area contributed by atoms with Gasteiger partial charge < -0.3 is 4.74 Å². The number of para-hydroxylation sites is 1. The van der Waals surface area contributed by atoms with Gasteiger partial charge in [0.25, 0.3) is 17.5 Å². The van der Waals surface area contributed by atoms with Crippen molar-refractivity contribution in [2.24, 2.45) is 5.10 Å². The molecule has 0 N–H and O–H groups in total. The minimum atomic E-state index is -0.508. The molecular weight excluding hydrogens is 422 g/mol. The van der Waals surface area contributed by atoms with Crippen LogP contribution in [-0.4, -0.2) is 27.5 Å². The lowest BCUT2D eigenvalue weighted by Crippen LogP contribution is -2.29. The Kier molecular flexibility index (Phi) is 6.08. The molecular formula is C25H19N3O5. The van der Waals surface area contributed by atoms with E-state index in [2.05, 4.69) is 5.10 Å². The number of nitrogens with zero attached hydrogens (tertiary/aromatic N) is 3. The Balaban J connectivity index is 1.53. The van der Waals surface area contributed by atoms with Crippen LogP contribution in [0, 0.1) is 10.1 Å². The number of non-ortho nitro benzene ring substituents is 1. The first-order valence-electron chi connectivity index (χ1n) is 10.1. The summed E-state index contributed by atoms with van der Waals surface area (Å²) in [6, 6.07) is 21.7. The van der Waals surface area contributed by atoms with Crippen LogP contribution in [0.15, 0.2) is 89.5 Å². The fraction of sp³-hybridized carbons (Fsp3) is 0.0800. The van der Waals surface area contributed by atoms with E-state index in [1.165, 1.54) is 12.1 Å². The second-order valence-corrected chi connectivity index (χ2v) is 7.28. The number of imide groups is 1. The van der Waals surface area contributed by atoms with Crippen LogP contribution in [0.25, 0.3) is 6.08 Å². The van der Waals surface area contributed by atoms with Crippen LogP contribution in [0.2, 0.25) is 0 Å². The van der Waals surface area contributed by atoms with Gasteiger partial charge in [0.2, 0.25) is 0 Å². The summed E-state index contributed by atoms with van der Waals surface area (Å²) in [5.74, 6) is -0.477. The Morgan fingerprint density at radius 3 is 2.39 bits per heavy atom. The molecule has 33 heavy (non-hydrogen) atoms. The Hall–Kier alpha value is -4.59. The number of nitro groups is 1. The maximum absolute atomic E-state index is 12.9. The molecule has 0 unspecified atom stereocenters. The first-order chi connectivity index (χ1) is 15.9. The molecule has 164 valence electrons. The molecule has 3 aromatic rings. The number of hydrogen-bond donors (Lipinski definition) is 0. The minimum Gasteiger partial charge on any atom is -0.488 e. The molecule has 0 saturated heterocycles. The maximum Gasteiger partial charge on any atom is 0.283 e.